The van der Waals surface area contributed by atoms with Crippen molar-refractivity contribution in [2.24, 2.45) is 0 Å². The van der Waals surface area contributed by atoms with Crippen LogP contribution in [0.25, 0.3) is 17.4 Å². The van der Waals surface area contributed by atoms with Crippen LogP contribution >= 0.6 is 15.9 Å². The lowest BCUT2D eigenvalue weighted by atomic mass is 10.1. The third kappa shape index (κ3) is 2.99. The lowest BCUT2D eigenvalue weighted by Gasteiger charge is -2.01. The Bertz CT molecular complexity index is 871. The average molecular weight is 378 g/mol. The number of nitro groups is 1. The minimum atomic E-state index is -0.592. The standard InChI is InChI=1S/C14H8BrN3O5/c15-10-5-7(18(21)22)1-3-9(10)12-4-2-8(23-12)6-11-13(19)17-14(20)16-11/h1-6H,(H2,16,17,19,20). The SMILES string of the molecule is O=C1NC(=O)C(=Cc2ccc(-c3ccc([N+](=O)[O-])cc3Br)o2)N1. The van der Waals surface area contributed by atoms with Gasteiger partial charge in [0.25, 0.3) is 11.6 Å². The van der Waals surface area contributed by atoms with E-state index in [0.717, 1.165) is 0 Å². The molecule has 116 valence electrons. The molecular formula is C14H8BrN3O5. The lowest BCUT2D eigenvalue weighted by Crippen LogP contribution is -2.22. The molecule has 1 aromatic carbocycles. The van der Waals surface area contributed by atoms with Crippen molar-refractivity contribution >= 4 is 39.6 Å². The average Bonchev–Trinajstić information content (AvgIpc) is 3.06. The predicted octanol–water partition coefficient (Wildman–Crippen LogP) is 2.80. The zero-order valence-corrected chi connectivity index (χ0v) is 12.9. The maximum Gasteiger partial charge on any atom is 0.326 e. The van der Waals surface area contributed by atoms with Gasteiger partial charge in [0.05, 0.1) is 4.92 Å². The summed E-state index contributed by atoms with van der Waals surface area (Å²) in [5.74, 6) is 0.283. The molecule has 8 nitrogen and oxygen atoms in total. The molecule has 2 N–H and O–H groups in total. The molecule has 0 atom stereocenters. The van der Waals surface area contributed by atoms with Crippen LogP contribution in [-0.2, 0) is 4.79 Å². The smallest absolute Gasteiger partial charge is 0.326 e. The molecule has 0 radical (unpaired) electrons. The van der Waals surface area contributed by atoms with E-state index in [1.54, 1.807) is 18.2 Å². The monoisotopic (exact) mass is 377 g/mol. The van der Waals surface area contributed by atoms with Gasteiger partial charge in [-0.1, -0.05) is 0 Å². The Morgan fingerprint density at radius 2 is 1.96 bits per heavy atom. The second-order valence-corrected chi connectivity index (χ2v) is 5.44. The topological polar surface area (TPSA) is 114 Å². The molecule has 1 fully saturated rings. The van der Waals surface area contributed by atoms with Gasteiger partial charge in [-0.2, -0.15) is 0 Å². The Hall–Kier alpha value is -2.94. The Morgan fingerprint density at radius 1 is 1.17 bits per heavy atom. The first-order valence-corrected chi connectivity index (χ1v) is 7.11. The number of non-ortho nitro benzene ring substituents is 1. The minimum Gasteiger partial charge on any atom is -0.457 e. The van der Waals surface area contributed by atoms with Crippen molar-refractivity contribution in [1.82, 2.24) is 10.6 Å². The highest BCUT2D eigenvalue weighted by Gasteiger charge is 2.23. The van der Waals surface area contributed by atoms with Crippen molar-refractivity contribution in [3.63, 3.8) is 0 Å². The molecule has 1 aliphatic rings. The number of nitro benzene ring substituents is 1. The van der Waals surface area contributed by atoms with Crippen LogP contribution < -0.4 is 10.6 Å². The van der Waals surface area contributed by atoms with Gasteiger partial charge in [-0.05, 0) is 34.1 Å². The molecule has 3 amide bonds. The summed E-state index contributed by atoms with van der Waals surface area (Å²) in [4.78, 5) is 32.7. The van der Waals surface area contributed by atoms with Crippen LogP contribution in [0.1, 0.15) is 5.76 Å². The maximum atomic E-state index is 11.4. The van der Waals surface area contributed by atoms with Crippen molar-refractivity contribution < 1.29 is 18.9 Å². The number of furan rings is 1. The van der Waals surface area contributed by atoms with Gasteiger partial charge in [0.1, 0.15) is 17.2 Å². The van der Waals surface area contributed by atoms with Crippen LogP contribution in [0.5, 0.6) is 0 Å². The van der Waals surface area contributed by atoms with Gasteiger partial charge < -0.3 is 9.73 Å². The van der Waals surface area contributed by atoms with Crippen LogP contribution in [0.15, 0.2) is 44.9 Å². The predicted molar refractivity (Wildman–Crippen MR) is 83.1 cm³/mol. The molecule has 1 aromatic heterocycles. The molecule has 0 bridgehead atoms. The number of hydrogen-bond acceptors (Lipinski definition) is 5. The van der Waals surface area contributed by atoms with E-state index < -0.39 is 16.9 Å². The zero-order valence-electron chi connectivity index (χ0n) is 11.3. The summed E-state index contributed by atoms with van der Waals surface area (Å²) < 4.78 is 6.10. The van der Waals surface area contributed by atoms with Gasteiger partial charge in [0.15, 0.2) is 0 Å². The van der Waals surface area contributed by atoms with Gasteiger partial charge in [-0.3, -0.25) is 20.2 Å². The molecule has 2 aromatic rings. The van der Waals surface area contributed by atoms with Crippen molar-refractivity contribution in [3.05, 3.63) is 56.4 Å². The number of nitrogens with zero attached hydrogens (tertiary/aromatic N) is 1. The molecule has 1 saturated heterocycles. The van der Waals surface area contributed by atoms with Crippen LogP contribution in [0, 0.1) is 10.1 Å². The fourth-order valence-electron chi connectivity index (χ4n) is 2.02. The lowest BCUT2D eigenvalue weighted by molar-refractivity contribution is -0.384. The number of hydrogen-bond donors (Lipinski definition) is 2. The van der Waals surface area contributed by atoms with E-state index in [1.807, 2.05) is 0 Å². The summed E-state index contributed by atoms with van der Waals surface area (Å²) in [5.41, 5.74) is 0.665. The van der Waals surface area contributed by atoms with E-state index in [2.05, 4.69) is 26.6 Å². The third-order valence-electron chi connectivity index (χ3n) is 3.06. The summed E-state index contributed by atoms with van der Waals surface area (Å²) in [6, 6.07) is 6.99. The van der Waals surface area contributed by atoms with Gasteiger partial charge in [0, 0.05) is 28.2 Å². The van der Waals surface area contributed by atoms with Crippen molar-refractivity contribution in [3.8, 4) is 11.3 Å². The van der Waals surface area contributed by atoms with Gasteiger partial charge in [-0.15, -0.1) is 0 Å². The van der Waals surface area contributed by atoms with Gasteiger partial charge in [0.2, 0.25) is 0 Å². The van der Waals surface area contributed by atoms with Crippen LogP contribution in [0.3, 0.4) is 0 Å². The first-order chi connectivity index (χ1) is 10.9. The second kappa shape index (κ2) is 5.69. The third-order valence-corrected chi connectivity index (χ3v) is 3.72. The first kappa shape index (κ1) is 15.0. The number of carbonyl (C=O) groups excluding carboxylic acids is 2. The van der Waals surface area contributed by atoms with Crippen LogP contribution in [-0.4, -0.2) is 16.9 Å². The summed E-state index contributed by atoms with van der Waals surface area (Å²) in [7, 11) is 0. The number of halogens is 1. The van der Waals surface area contributed by atoms with E-state index in [-0.39, 0.29) is 11.4 Å². The number of amides is 3. The Balaban J connectivity index is 1.91. The van der Waals surface area contributed by atoms with Crippen LogP contribution in [0.2, 0.25) is 0 Å². The van der Waals surface area contributed by atoms with E-state index in [9.17, 15) is 19.7 Å². The molecule has 2 heterocycles. The zero-order chi connectivity index (χ0) is 16.6. The Labute approximate surface area is 137 Å². The van der Waals surface area contributed by atoms with Gasteiger partial charge in [-0.25, -0.2) is 4.79 Å². The van der Waals surface area contributed by atoms with Crippen molar-refractivity contribution in [2.75, 3.05) is 0 Å². The van der Waals surface area contributed by atoms with E-state index in [4.69, 9.17) is 4.42 Å². The van der Waals surface area contributed by atoms with E-state index >= 15 is 0 Å². The number of nitrogens with one attached hydrogen (secondary N) is 2. The molecule has 0 spiro atoms. The highest BCUT2D eigenvalue weighted by molar-refractivity contribution is 9.10. The summed E-state index contributed by atoms with van der Waals surface area (Å²) in [6.07, 6.45) is 1.39. The molecular weight excluding hydrogens is 370 g/mol. The number of urea groups is 1. The number of imide groups is 1. The normalized spacial score (nSPS) is 15.6. The van der Waals surface area contributed by atoms with Crippen molar-refractivity contribution in [2.45, 2.75) is 0 Å². The quantitative estimate of drug-likeness (QED) is 0.369. The Morgan fingerprint density at radius 3 is 2.57 bits per heavy atom. The second-order valence-electron chi connectivity index (χ2n) is 4.59. The molecule has 9 heteroatoms. The van der Waals surface area contributed by atoms with E-state index in [0.29, 0.717) is 21.6 Å². The largest absolute Gasteiger partial charge is 0.457 e. The highest BCUT2D eigenvalue weighted by Crippen LogP contribution is 2.32. The number of carbonyl (C=O) groups is 2. The maximum absolute atomic E-state index is 11.4. The molecule has 3 rings (SSSR count). The summed E-state index contributed by atoms with van der Waals surface area (Å²) in [6.45, 7) is 0. The summed E-state index contributed by atoms with van der Waals surface area (Å²) in [5, 5.41) is 15.2. The fraction of sp³-hybridized carbons (Fsp3) is 0. The minimum absolute atomic E-state index is 0.0418. The Kier molecular flexibility index (Phi) is 3.70. The number of benzene rings is 1. The van der Waals surface area contributed by atoms with Crippen molar-refractivity contribution in [1.29, 1.82) is 0 Å². The molecule has 0 saturated carbocycles. The highest BCUT2D eigenvalue weighted by atomic mass is 79.9. The fourth-order valence-corrected chi connectivity index (χ4v) is 2.58. The molecule has 23 heavy (non-hydrogen) atoms. The van der Waals surface area contributed by atoms with E-state index in [1.165, 1.54) is 18.2 Å². The number of rotatable bonds is 3. The molecule has 1 aliphatic heterocycles. The summed E-state index contributed by atoms with van der Waals surface area (Å²) >= 11 is 3.27. The first-order valence-electron chi connectivity index (χ1n) is 6.32. The van der Waals surface area contributed by atoms with Gasteiger partial charge >= 0.3 is 6.03 Å². The molecule has 0 unspecified atom stereocenters. The van der Waals surface area contributed by atoms with Crippen LogP contribution in [0.4, 0.5) is 10.5 Å². The molecule has 0 aliphatic carbocycles.